The number of aromatic nitrogens is 4. The quantitative estimate of drug-likeness (QED) is 0.279. The van der Waals surface area contributed by atoms with E-state index in [9.17, 15) is 5.26 Å². The maximum absolute atomic E-state index is 9.33. The molecule has 4 aromatic carbocycles. The van der Waals surface area contributed by atoms with Gasteiger partial charge in [-0.05, 0) is 29.3 Å². The topological polar surface area (TPSA) is 79.5 Å². The van der Waals surface area contributed by atoms with E-state index in [1.165, 1.54) is 0 Å². The number of nitrogens with one attached hydrogen (secondary N) is 1. The molecule has 0 aliphatic heterocycles. The lowest BCUT2D eigenvalue weighted by Gasteiger charge is -2.12. The summed E-state index contributed by atoms with van der Waals surface area (Å²) in [5.74, 6) is 1.25. The minimum Gasteiger partial charge on any atom is -0.484 e. The third-order valence-corrected chi connectivity index (χ3v) is 6.19. The molecule has 0 spiro atoms. The van der Waals surface area contributed by atoms with Gasteiger partial charge in [-0.25, -0.2) is 4.98 Å². The number of aromatic amines is 1. The SMILES string of the molecule is N#Cc1ccc2nc(-c3nn(Cc4ccccc4)c(-c4ccccc4)c3OCc3ccccc3)[nH]c2c1. The Bertz CT molecular complexity index is 1700. The van der Waals surface area contributed by atoms with Crippen LogP contribution in [0.3, 0.4) is 0 Å². The summed E-state index contributed by atoms with van der Waals surface area (Å²) in [4.78, 5) is 8.17. The molecule has 6 heteroatoms. The normalized spacial score (nSPS) is 10.9. The van der Waals surface area contributed by atoms with Gasteiger partial charge in [-0.15, -0.1) is 0 Å². The number of benzene rings is 4. The van der Waals surface area contributed by atoms with E-state index < -0.39 is 0 Å². The summed E-state index contributed by atoms with van der Waals surface area (Å²) in [7, 11) is 0. The fourth-order valence-corrected chi connectivity index (χ4v) is 4.41. The molecular formula is C31H23N5O. The summed E-state index contributed by atoms with van der Waals surface area (Å²) in [5, 5.41) is 14.4. The molecule has 0 atom stereocenters. The maximum Gasteiger partial charge on any atom is 0.176 e. The number of imidazole rings is 1. The summed E-state index contributed by atoms with van der Waals surface area (Å²) < 4.78 is 8.51. The van der Waals surface area contributed by atoms with Gasteiger partial charge in [-0.3, -0.25) is 4.68 Å². The number of nitriles is 1. The van der Waals surface area contributed by atoms with Crippen LogP contribution < -0.4 is 4.74 Å². The molecule has 2 heterocycles. The number of ether oxygens (including phenoxy) is 1. The zero-order chi connectivity index (χ0) is 25.0. The molecule has 1 N–H and O–H groups in total. The zero-order valence-electron chi connectivity index (χ0n) is 20.0. The summed E-state index contributed by atoms with van der Waals surface area (Å²) in [5.41, 5.74) is 6.82. The highest BCUT2D eigenvalue weighted by atomic mass is 16.5. The molecule has 0 aliphatic carbocycles. The fourth-order valence-electron chi connectivity index (χ4n) is 4.41. The van der Waals surface area contributed by atoms with Crippen LogP contribution in [-0.2, 0) is 13.2 Å². The van der Waals surface area contributed by atoms with Gasteiger partial charge in [0.25, 0.3) is 0 Å². The second-order valence-corrected chi connectivity index (χ2v) is 8.74. The van der Waals surface area contributed by atoms with Crippen molar-refractivity contribution in [2.24, 2.45) is 0 Å². The van der Waals surface area contributed by atoms with E-state index >= 15 is 0 Å². The Morgan fingerprint density at radius 2 is 1.49 bits per heavy atom. The summed E-state index contributed by atoms with van der Waals surface area (Å²) >= 11 is 0. The highest BCUT2D eigenvalue weighted by molar-refractivity contribution is 5.83. The van der Waals surface area contributed by atoms with Crippen molar-refractivity contribution in [3.05, 3.63) is 126 Å². The van der Waals surface area contributed by atoms with E-state index in [1.807, 2.05) is 77.5 Å². The average Bonchev–Trinajstić information content (AvgIpc) is 3.54. The monoisotopic (exact) mass is 481 g/mol. The van der Waals surface area contributed by atoms with E-state index in [0.29, 0.717) is 36.0 Å². The molecular weight excluding hydrogens is 458 g/mol. The van der Waals surface area contributed by atoms with Gasteiger partial charge in [0.05, 0.1) is 29.2 Å². The molecule has 0 aliphatic rings. The molecule has 6 aromatic rings. The number of rotatable bonds is 7. The van der Waals surface area contributed by atoms with Crippen LogP contribution in [0.4, 0.5) is 0 Å². The van der Waals surface area contributed by atoms with Gasteiger partial charge in [0.1, 0.15) is 12.3 Å². The zero-order valence-corrected chi connectivity index (χ0v) is 20.0. The first-order valence-electron chi connectivity index (χ1n) is 12.1. The van der Waals surface area contributed by atoms with E-state index in [0.717, 1.165) is 33.4 Å². The van der Waals surface area contributed by atoms with Crippen LogP contribution in [0, 0.1) is 11.3 Å². The van der Waals surface area contributed by atoms with E-state index in [-0.39, 0.29) is 0 Å². The standard InChI is InChI=1S/C31H23N5O/c32-19-24-16-17-26-27(18-24)34-31(33-26)28-30(37-21-23-12-6-2-7-13-23)29(25-14-8-3-9-15-25)36(35-28)20-22-10-4-1-5-11-22/h1-18H,20-21H2,(H,33,34). The van der Waals surface area contributed by atoms with Crippen molar-refractivity contribution in [2.75, 3.05) is 0 Å². The highest BCUT2D eigenvalue weighted by Crippen LogP contribution is 2.39. The van der Waals surface area contributed by atoms with Crippen molar-refractivity contribution >= 4 is 11.0 Å². The Labute approximate surface area is 214 Å². The molecule has 0 radical (unpaired) electrons. The fraction of sp³-hybridized carbons (Fsp3) is 0.0645. The van der Waals surface area contributed by atoms with Crippen molar-refractivity contribution < 1.29 is 4.74 Å². The van der Waals surface area contributed by atoms with Crippen LogP contribution in [0.25, 0.3) is 33.8 Å². The molecule has 0 saturated carbocycles. The Morgan fingerprint density at radius 3 is 2.19 bits per heavy atom. The molecule has 2 aromatic heterocycles. The first-order valence-corrected chi connectivity index (χ1v) is 12.1. The minimum atomic E-state index is 0.392. The largest absolute Gasteiger partial charge is 0.484 e. The summed E-state index contributed by atoms with van der Waals surface area (Å²) in [6.45, 7) is 0.967. The third-order valence-electron chi connectivity index (χ3n) is 6.19. The Balaban J connectivity index is 1.53. The van der Waals surface area contributed by atoms with Gasteiger partial charge in [-0.1, -0.05) is 91.0 Å². The number of H-pyrrole nitrogens is 1. The van der Waals surface area contributed by atoms with Crippen molar-refractivity contribution in [3.8, 4) is 34.6 Å². The first-order chi connectivity index (χ1) is 18.3. The number of hydrogen-bond donors (Lipinski definition) is 1. The number of hydrogen-bond acceptors (Lipinski definition) is 4. The number of fused-ring (bicyclic) bond motifs is 1. The molecule has 178 valence electrons. The van der Waals surface area contributed by atoms with Gasteiger partial charge in [0, 0.05) is 5.56 Å². The first kappa shape index (κ1) is 22.3. The van der Waals surface area contributed by atoms with Crippen LogP contribution in [-0.4, -0.2) is 19.7 Å². The molecule has 6 rings (SSSR count). The molecule has 37 heavy (non-hydrogen) atoms. The molecule has 0 saturated heterocycles. The van der Waals surface area contributed by atoms with E-state index in [2.05, 4.69) is 35.3 Å². The number of nitrogens with zero attached hydrogens (tertiary/aromatic N) is 4. The van der Waals surface area contributed by atoms with Crippen LogP contribution in [0.2, 0.25) is 0 Å². The smallest absolute Gasteiger partial charge is 0.176 e. The van der Waals surface area contributed by atoms with Crippen molar-refractivity contribution in [2.45, 2.75) is 13.2 Å². The second-order valence-electron chi connectivity index (χ2n) is 8.74. The average molecular weight is 482 g/mol. The second kappa shape index (κ2) is 9.84. The van der Waals surface area contributed by atoms with Crippen LogP contribution in [0.15, 0.2) is 109 Å². The summed E-state index contributed by atoms with van der Waals surface area (Å²) in [6, 6.07) is 38.1. The predicted molar refractivity (Wildman–Crippen MR) is 144 cm³/mol. The van der Waals surface area contributed by atoms with Gasteiger partial charge >= 0.3 is 0 Å². The molecule has 0 fully saturated rings. The molecule has 0 amide bonds. The molecule has 0 unspecified atom stereocenters. The Kier molecular flexibility index (Phi) is 5.94. The lowest BCUT2D eigenvalue weighted by molar-refractivity contribution is 0.308. The lowest BCUT2D eigenvalue weighted by Crippen LogP contribution is -2.04. The van der Waals surface area contributed by atoms with Gasteiger partial charge in [0.15, 0.2) is 17.3 Å². The van der Waals surface area contributed by atoms with Gasteiger partial charge in [0.2, 0.25) is 0 Å². The van der Waals surface area contributed by atoms with E-state index in [4.69, 9.17) is 14.8 Å². The lowest BCUT2D eigenvalue weighted by atomic mass is 10.1. The minimum absolute atomic E-state index is 0.392. The Hall–Kier alpha value is -5.15. The third kappa shape index (κ3) is 4.58. The predicted octanol–water partition coefficient (Wildman–Crippen LogP) is 6.59. The molecule has 0 bridgehead atoms. The maximum atomic E-state index is 9.33. The van der Waals surface area contributed by atoms with Crippen molar-refractivity contribution in [1.82, 2.24) is 19.7 Å². The highest BCUT2D eigenvalue weighted by Gasteiger charge is 2.25. The van der Waals surface area contributed by atoms with Crippen molar-refractivity contribution in [3.63, 3.8) is 0 Å². The Morgan fingerprint density at radius 1 is 0.811 bits per heavy atom. The van der Waals surface area contributed by atoms with Crippen LogP contribution >= 0.6 is 0 Å². The van der Waals surface area contributed by atoms with Crippen LogP contribution in [0.1, 0.15) is 16.7 Å². The summed E-state index contributed by atoms with van der Waals surface area (Å²) in [6.07, 6.45) is 0. The van der Waals surface area contributed by atoms with Crippen molar-refractivity contribution in [1.29, 1.82) is 5.26 Å². The van der Waals surface area contributed by atoms with Crippen LogP contribution in [0.5, 0.6) is 5.75 Å². The van der Waals surface area contributed by atoms with Gasteiger partial charge < -0.3 is 9.72 Å². The van der Waals surface area contributed by atoms with Gasteiger partial charge in [-0.2, -0.15) is 10.4 Å². The van der Waals surface area contributed by atoms with E-state index in [1.54, 1.807) is 12.1 Å². The molecule has 6 nitrogen and oxygen atoms in total.